The van der Waals surface area contributed by atoms with Crippen LogP contribution >= 0.6 is 0 Å². The molecule has 1 aromatic rings. The van der Waals surface area contributed by atoms with Crippen molar-refractivity contribution >= 4 is 10.0 Å². The third kappa shape index (κ3) is 3.56. The highest BCUT2D eigenvalue weighted by Gasteiger charge is 2.28. The van der Waals surface area contributed by atoms with E-state index in [1.165, 1.54) is 0 Å². The first-order valence-corrected chi connectivity index (χ1v) is 8.18. The van der Waals surface area contributed by atoms with E-state index in [4.69, 9.17) is 0 Å². The molecule has 8 heteroatoms. The van der Waals surface area contributed by atoms with Gasteiger partial charge in [-0.25, -0.2) is 26.3 Å². The lowest BCUT2D eigenvalue weighted by atomic mass is 9.94. The molecule has 1 heterocycles. The molecule has 1 saturated heterocycles. The lowest BCUT2D eigenvalue weighted by Crippen LogP contribution is -2.44. The minimum atomic E-state index is -4.24. The quantitative estimate of drug-likeness (QED) is 0.831. The number of rotatable bonds is 4. The predicted octanol–water partition coefficient (Wildman–Crippen LogP) is 1.77. The highest BCUT2D eigenvalue weighted by atomic mass is 32.2. The van der Waals surface area contributed by atoms with Gasteiger partial charge in [0.15, 0.2) is 17.5 Å². The second kappa shape index (κ2) is 6.33. The standard InChI is InChI=1S/C13H17F3N2O2S/c1-8(9-3-2-6-17-7-9)18-21(19,20)11-5-4-10(14)12(15)13(11)16/h4-5,8-9,17-18H,2-3,6-7H2,1H3. The van der Waals surface area contributed by atoms with Crippen molar-refractivity contribution in [2.24, 2.45) is 5.92 Å². The van der Waals surface area contributed by atoms with Crippen LogP contribution in [0.5, 0.6) is 0 Å². The molecular weight excluding hydrogens is 305 g/mol. The number of sulfonamides is 1. The summed E-state index contributed by atoms with van der Waals surface area (Å²) in [7, 11) is -4.24. The van der Waals surface area contributed by atoms with Gasteiger partial charge in [-0.3, -0.25) is 0 Å². The van der Waals surface area contributed by atoms with Crippen LogP contribution in [0.25, 0.3) is 0 Å². The molecule has 4 nitrogen and oxygen atoms in total. The van der Waals surface area contributed by atoms with E-state index in [2.05, 4.69) is 10.0 Å². The topological polar surface area (TPSA) is 58.2 Å². The zero-order valence-corrected chi connectivity index (χ0v) is 12.3. The molecule has 0 aliphatic carbocycles. The van der Waals surface area contributed by atoms with Crippen molar-refractivity contribution < 1.29 is 21.6 Å². The van der Waals surface area contributed by atoms with Gasteiger partial charge >= 0.3 is 0 Å². The van der Waals surface area contributed by atoms with Crippen LogP contribution in [0.4, 0.5) is 13.2 Å². The predicted molar refractivity (Wildman–Crippen MR) is 71.7 cm³/mol. The minimum Gasteiger partial charge on any atom is -0.316 e. The summed E-state index contributed by atoms with van der Waals surface area (Å²) in [6.07, 6.45) is 1.77. The van der Waals surface area contributed by atoms with Crippen molar-refractivity contribution in [2.75, 3.05) is 13.1 Å². The van der Waals surface area contributed by atoms with Crippen molar-refractivity contribution in [1.29, 1.82) is 0 Å². The zero-order chi connectivity index (χ0) is 15.6. The first-order valence-electron chi connectivity index (χ1n) is 6.69. The first-order chi connectivity index (χ1) is 9.83. The van der Waals surface area contributed by atoms with Crippen LogP contribution in [0.15, 0.2) is 17.0 Å². The van der Waals surface area contributed by atoms with E-state index < -0.39 is 38.4 Å². The zero-order valence-electron chi connectivity index (χ0n) is 11.5. The van der Waals surface area contributed by atoms with Gasteiger partial charge in [-0.15, -0.1) is 0 Å². The lowest BCUT2D eigenvalue weighted by molar-refractivity contribution is 0.320. The molecule has 2 atom stereocenters. The van der Waals surface area contributed by atoms with Crippen molar-refractivity contribution in [3.8, 4) is 0 Å². The Morgan fingerprint density at radius 2 is 2.00 bits per heavy atom. The van der Waals surface area contributed by atoms with Crippen molar-refractivity contribution in [1.82, 2.24) is 10.0 Å². The molecule has 1 aliphatic heterocycles. The van der Waals surface area contributed by atoms with Gasteiger partial charge in [0.2, 0.25) is 10.0 Å². The maximum absolute atomic E-state index is 13.6. The van der Waals surface area contributed by atoms with Gasteiger partial charge < -0.3 is 5.32 Å². The normalized spacial score (nSPS) is 21.2. The number of piperidine rings is 1. The summed E-state index contributed by atoms with van der Waals surface area (Å²) >= 11 is 0. The monoisotopic (exact) mass is 322 g/mol. The third-order valence-electron chi connectivity index (χ3n) is 3.67. The molecule has 0 aromatic heterocycles. The molecule has 0 amide bonds. The molecule has 0 radical (unpaired) electrons. The summed E-state index contributed by atoms with van der Waals surface area (Å²) in [6.45, 7) is 3.21. The molecule has 1 fully saturated rings. The Kier molecular flexibility index (Phi) is 4.90. The summed E-state index contributed by atoms with van der Waals surface area (Å²) in [4.78, 5) is -0.878. The molecule has 0 spiro atoms. The van der Waals surface area contributed by atoms with Gasteiger partial charge in [0.1, 0.15) is 4.90 Å². The van der Waals surface area contributed by atoms with Crippen LogP contribution < -0.4 is 10.0 Å². The highest BCUT2D eigenvalue weighted by molar-refractivity contribution is 7.89. The second-order valence-corrected chi connectivity index (χ2v) is 6.87. The fourth-order valence-corrected chi connectivity index (χ4v) is 3.81. The number of hydrogen-bond donors (Lipinski definition) is 2. The molecule has 2 rings (SSSR count). The lowest BCUT2D eigenvalue weighted by Gasteiger charge is -2.28. The van der Waals surface area contributed by atoms with E-state index >= 15 is 0 Å². The Labute approximate surface area is 121 Å². The smallest absolute Gasteiger partial charge is 0.243 e. The van der Waals surface area contributed by atoms with Gasteiger partial charge in [-0.2, -0.15) is 0 Å². The van der Waals surface area contributed by atoms with Crippen LogP contribution in [0.2, 0.25) is 0 Å². The Bertz CT molecular complexity index is 616. The number of nitrogens with one attached hydrogen (secondary N) is 2. The van der Waals surface area contributed by atoms with Gasteiger partial charge in [-0.05, 0) is 50.9 Å². The number of benzene rings is 1. The van der Waals surface area contributed by atoms with Crippen molar-refractivity contribution in [3.05, 3.63) is 29.6 Å². The Morgan fingerprint density at radius 3 is 2.62 bits per heavy atom. The fourth-order valence-electron chi connectivity index (χ4n) is 2.43. The molecule has 2 unspecified atom stereocenters. The number of hydrogen-bond acceptors (Lipinski definition) is 3. The average Bonchev–Trinajstić information content (AvgIpc) is 2.45. The molecule has 0 bridgehead atoms. The molecular formula is C13H17F3N2O2S. The summed E-state index contributed by atoms with van der Waals surface area (Å²) in [5.41, 5.74) is 0. The minimum absolute atomic E-state index is 0.0712. The van der Waals surface area contributed by atoms with Crippen LogP contribution in [0, 0.1) is 23.4 Å². The van der Waals surface area contributed by atoms with Gasteiger partial charge in [0.05, 0.1) is 0 Å². The highest BCUT2D eigenvalue weighted by Crippen LogP contribution is 2.21. The Morgan fingerprint density at radius 1 is 1.29 bits per heavy atom. The maximum atomic E-state index is 13.6. The summed E-state index contributed by atoms with van der Waals surface area (Å²) in [5.74, 6) is -4.83. The van der Waals surface area contributed by atoms with Crippen molar-refractivity contribution in [3.63, 3.8) is 0 Å². The summed E-state index contributed by atoms with van der Waals surface area (Å²) in [5, 5.41) is 3.15. The van der Waals surface area contributed by atoms with Crippen LogP contribution in [0.3, 0.4) is 0 Å². The van der Waals surface area contributed by atoms with Gasteiger partial charge in [-0.1, -0.05) is 0 Å². The van der Waals surface area contributed by atoms with Crippen molar-refractivity contribution in [2.45, 2.75) is 30.7 Å². The largest absolute Gasteiger partial charge is 0.316 e. The SMILES string of the molecule is CC(NS(=O)(=O)c1ccc(F)c(F)c1F)C1CCCNC1. The molecule has 0 saturated carbocycles. The molecule has 1 aromatic carbocycles. The van der Waals surface area contributed by atoms with E-state index in [1.807, 2.05) is 0 Å². The van der Waals surface area contributed by atoms with E-state index in [0.29, 0.717) is 12.6 Å². The van der Waals surface area contributed by atoms with Crippen LogP contribution in [0.1, 0.15) is 19.8 Å². The number of halogens is 3. The summed E-state index contributed by atoms with van der Waals surface area (Å²) in [6, 6.07) is 0.886. The Balaban J connectivity index is 2.20. The first kappa shape index (κ1) is 16.3. The second-order valence-electron chi connectivity index (χ2n) is 5.19. The molecule has 2 N–H and O–H groups in total. The van der Waals surface area contributed by atoms with Gasteiger partial charge in [0.25, 0.3) is 0 Å². The average molecular weight is 322 g/mol. The van der Waals surface area contributed by atoms with E-state index in [1.54, 1.807) is 6.92 Å². The van der Waals surface area contributed by atoms with Crippen LogP contribution in [-0.4, -0.2) is 27.5 Å². The molecule has 1 aliphatic rings. The van der Waals surface area contributed by atoms with Gasteiger partial charge in [0, 0.05) is 6.04 Å². The van der Waals surface area contributed by atoms with Crippen LogP contribution in [-0.2, 0) is 10.0 Å². The molecule has 21 heavy (non-hydrogen) atoms. The summed E-state index contributed by atoms with van der Waals surface area (Å²) < 4.78 is 66.2. The fraction of sp³-hybridized carbons (Fsp3) is 0.538. The van der Waals surface area contributed by atoms with E-state index in [-0.39, 0.29) is 5.92 Å². The van der Waals surface area contributed by atoms with E-state index in [0.717, 1.165) is 25.5 Å². The van der Waals surface area contributed by atoms with E-state index in [9.17, 15) is 21.6 Å². The molecule has 118 valence electrons. The third-order valence-corrected chi connectivity index (χ3v) is 5.25. The maximum Gasteiger partial charge on any atom is 0.243 e. The Hall–Kier alpha value is -1.12.